The van der Waals surface area contributed by atoms with Crippen LogP contribution in [-0.2, 0) is 42.7 Å². The molecule has 6 aromatic carbocycles. The van der Waals surface area contributed by atoms with Crippen molar-refractivity contribution >= 4 is 11.0 Å². The molecule has 0 atom stereocenters. The minimum atomic E-state index is -4.32. The number of para-hydroxylation sites is 1. The quantitative estimate of drug-likeness (QED) is 0.169. The van der Waals surface area contributed by atoms with E-state index in [1.54, 1.807) is 42.5 Å². The van der Waals surface area contributed by atoms with Crippen molar-refractivity contribution in [3.63, 3.8) is 0 Å². The number of aromatic hydroxyl groups is 1. The van der Waals surface area contributed by atoms with E-state index in [0.29, 0.717) is 17.2 Å². The van der Waals surface area contributed by atoms with Gasteiger partial charge in [-0.2, -0.15) is 0 Å². The molecule has 0 saturated heterocycles. The van der Waals surface area contributed by atoms with E-state index in [4.69, 9.17) is 51.6 Å². The fourth-order valence-electron chi connectivity index (χ4n) is 7.29. The number of rotatable bonds is 6. The average Bonchev–Trinajstić information content (AvgIpc) is 0.747. The molecule has 0 aliphatic carbocycles. The molecule has 0 aliphatic rings. The molecular formula is C59H62N3OPt-. The van der Waals surface area contributed by atoms with Crippen LogP contribution in [-0.4, -0.2) is 19.6 Å². The number of aryl methyl sites for hydroxylation is 1. The topological polar surface area (TPSA) is 50.9 Å². The maximum absolute atomic E-state index is 13.1. The second-order valence-electron chi connectivity index (χ2n) is 16.3. The Labute approximate surface area is 443 Å². The number of hydrogen-bond donors (Lipinski definition) is 1. The van der Waals surface area contributed by atoms with Crippen LogP contribution in [0.2, 0.25) is 0 Å². The van der Waals surface area contributed by atoms with Crippen LogP contribution in [0, 0.1) is 12.9 Å². The molecule has 0 aliphatic heterocycles. The van der Waals surface area contributed by atoms with Gasteiger partial charge in [-0.3, -0.25) is 9.55 Å². The third-order valence-electron chi connectivity index (χ3n) is 10.5. The number of phenols is 1. The van der Waals surface area contributed by atoms with E-state index in [1.165, 1.54) is 59.3 Å². The van der Waals surface area contributed by atoms with Crippen molar-refractivity contribution in [2.24, 2.45) is 0 Å². The molecule has 0 bridgehead atoms. The molecule has 0 radical (unpaired) electrons. The molecule has 0 unspecified atom stereocenters. The van der Waals surface area contributed by atoms with Crippen molar-refractivity contribution in [2.45, 2.75) is 111 Å². The van der Waals surface area contributed by atoms with Crippen LogP contribution in [0.5, 0.6) is 5.75 Å². The summed E-state index contributed by atoms with van der Waals surface area (Å²) in [5.41, 5.74) is -18.7. The van der Waals surface area contributed by atoms with Crippen LogP contribution in [0.4, 0.5) is 0 Å². The fraction of sp³-hybridized carbons (Fsp3) is 0.288. The molecule has 5 heteroatoms. The predicted octanol–water partition coefficient (Wildman–Crippen LogP) is 15.8. The average molecular weight is 1060 g/mol. The number of hydrogen-bond acceptors (Lipinski definition) is 3. The third-order valence-corrected chi connectivity index (χ3v) is 10.5. The molecule has 0 fully saturated rings. The Kier molecular flexibility index (Phi) is 5.31. The SMILES string of the molecule is [2H]c1c([2H])c(C(C([2H])([2H])[2H])(C([2H])([2H])[2H])C([2H])([2H])[2H])c([2H])c([2H])c1-c1ccnc(-c2[c-]c(-c3cccc4c3nc(-c3cc(C(C([2H])([2H])[2H])(C([2H])([2H])[2H])C([2H])([2H])[2H])cc(C(C([2H])([2H])[2H])(C([2H])([2H])[2H])C([2H])([2H])[2H])c3O)n4-c3ccc(C([2H])([2H])[2H])cc3-c3ccccc3)cc(C(C)(C)C)c2)c1.[Pt]. The van der Waals surface area contributed by atoms with Crippen LogP contribution >= 0.6 is 0 Å². The molecule has 1 N–H and O–H groups in total. The van der Waals surface area contributed by atoms with Gasteiger partial charge in [0.2, 0.25) is 0 Å². The zero-order valence-electron chi connectivity index (χ0n) is 68.5. The van der Waals surface area contributed by atoms with E-state index >= 15 is 0 Å². The van der Waals surface area contributed by atoms with Crippen molar-refractivity contribution in [1.29, 1.82) is 0 Å². The fourth-order valence-corrected chi connectivity index (χ4v) is 7.29. The summed E-state index contributed by atoms with van der Waals surface area (Å²) in [4.78, 5) is 9.55. The minimum Gasteiger partial charge on any atom is -0.507 e. The Balaban J connectivity index is 0.0000135. The van der Waals surface area contributed by atoms with Gasteiger partial charge in [0.05, 0.1) is 27.8 Å². The van der Waals surface area contributed by atoms with Crippen LogP contribution in [0.25, 0.3) is 72.7 Å². The van der Waals surface area contributed by atoms with Gasteiger partial charge >= 0.3 is 0 Å². The number of benzene rings is 6. The van der Waals surface area contributed by atoms with E-state index < -0.39 is 154 Å². The van der Waals surface area contributed by atoms with E-state index in [9.17, 15) is 5.11 Å². The molecule has 64 heavy (non-hydrogen) atoms. The number of phenolic OH excluding ortho intramolecular Hbond substituents is 1. The Morgan fingerprint density at radius 1 is 0.594 bits per heavy atom. The van der Waals surface area contributed by atoms with Crippen LogP contribution in [0.3, 0.4) is 0 Å². The Bertz CT molecular complexity index is 4220. The zero-order chi connectivity index (χ0) is 73.7. The first kappa shape index (κ1) is 19.9. The van der Waals surface area contributed by atoms with Crippen molar-refractivity contribution in [3.05, 3.63) is 167 Å². The monoisotopic (exact) mass is 1060 g/mol. The van der Waals surface area contributed by atoms with Gasteiger partial charge in [0, 0.05) is 85.2 Å². The van der Waals surface area contributed by atoms with Gasteiger partial charge in [-0.1, -0.05) is 184 Å². The molecule has 8 rings (SSSR count). The predicted molar refractivity (Wildman–Crippen MR) is 266 cm³/mol. The Morgan fingerprint density at radius 2 is 1.28 bits per heavy atom. The van der Waals surface area contributed by atoms with Gasteiger partial charge in [-0.05, 0) is 86.7 Å². The van der Waals surface area contributed by atoms with Gasteiger partial charge < -0.3 is 5.11 Å². The summed E-state index contributed by atoms with van der Waals surface area (Å²) >= 11 is 0. The molecule has 0 amide bonds. The molecule has 8 aromatic rings. The van der Waals surface area contributed by atoms with Crippen LogP contribution in [0.15, 0.2) is 133 Å². The second kappa shape index (κ2) is 17.1. The van der Waals surface area contributed by atoms with Crippen LogP contribution in [0.1, 0.15) is 157 Å². The Morgan fingerprint density at radius 3 is 1.97 bits per heavy atom. The molecule has 4 nitrogen and oxygen atoms in total. The maximum atomic E-state index is 13.1. The normalized spacial score (nSPS) is 22.2. The summed E-state index contributed by atoms with van der Waals surface area (Å²) in [6, 6.07) is 21.3. The molecular weight excluding hydrogens is 962 g/mol. The second-order valence-corrected chi connectivity index (χ2v) is 16.3. The number of fused-ring (bicyclic) bond motifs is 1. The van der Waals surface area contributed by atoms with E-state index in [-0.39, 0.29) is 82.9 Å². The van der Waals surface area contributed by atoms with Crippen LogP contribution < -0.4 is 0 Å². The minimum absolute atomic E-state index is 0. The van der Waals surface area contributed by atoms with Crippen molar-refractivity contribution in [1.82, 2.24) is 14.5 Å². The number of nitrogens with zero attached hydrogens (tertiary/aromatic N) is 3. The summed E-state index contributed by atoms with van der Waals surface area (Å²) in [5, 5.41) is 13.1. The largest absolute Gasteiger partial charge is 0.507 e. The van der Waals surface area contributed by atoms with Gasteiger partial charge in [0.25, 0.3) is 0 Å². The summed E-state index contributed by atoms with van der Waals surface area (Å²) in [7, 11) is 0. The molecule has 0 saturated carbocycles. The zero-order valence-corrected chi connectivity index (χ0v) is 36.8. The van der Waals surface area contributed by atoms with Crippen molar-refractivity contribution in [3.8, 4) is 67.5 Å². The van der Waals surface area contributed by atoms with Crippen molar-refractivity contribution < 1.29 is 72.8 Å². The Hall–Kier alpha value is -5.57. The molecule has 0 spiro atoms. The van der Waals surface area contributed by atoms with Gasteiger partial charge in [0.15, 0.2) is 0 Å². The summed E-state index contributed by atoms with van der Waals surface area (Å²) in [6.45, 7) is -34.7. The number of pyridine rings is 1. The maximum Gasteiger partial charge on any atom is 0.148 e. The van der Waals surface area contributed by atoms with Gasteiger partial charge in [0.1, 0.15) is 11.6 Å². The smallest absolute Gasteiger partial charge is 0.148 e. The first-order chi connectivity index (χ1) is 43.7. The summed E-state index contributed by atoms with van der Waals surface area (Å²) in [5.74, 6) is -2.28. The van der Waals surface area contributed by atoms with Gasteiger partial charge in [-0.15, -0.1) is 29.3 Å². The van der Waals surface area contributed by atoms with E-state index in [1.807, 2.05) is 20.8 Å². The first-order valence-corrected chi connectivity index (χ1v) is 19.5. The number of aromatic nitrogens is 3. The third kappa shape index (κ3) is 9.18. The van der Waals surface area contributed by atoms with E-state index in [2.05, 4.69) is 11.1 Å². The molecule has 2 heterocycles. The van der Waals surface area contributed by atoms with Gasteiger partial charge in [-0.25, -0.2) is 4.98 Å². The van der Waals surface area contributed by atoms with Crippen molar-refractivity contribution in [2.75, 3.05) is 0 Å². The standard InChI is InChI=1S/C59H62N3O.Pt/c1-37-22-27-51(47(30-37)39-18-15-14-16-19-39)62-52-21-17-20-46(53(52)61-55(62)48-35-45(58(8,9)10)36-49(54(48)63)59(11,12)13)41-31-42(33-44(32-41)57(5,6)7)50-34-40(28-29-60-50)38-23-25-43(26-24-38)56(2,3)4;/h14-30,32-36,63H,1-13H3;/q-1;/i1D3,2D3,3D3,4D3,8D3,9D3,10D3,11D3,12D3,13D3,23D,24D,25D,26D;. The first-order valence-electron chi connectivity index (χ1n) is 36.5. The summed E-state index contributed by atoms with van der Waals surface area (Å²) in [6.07, 6.45) is 1.20. The summed E-state index contributed by atoms with van der Waals surface area (Å²) < 4.78 is 295. The number of imidazole rings is 1. The molecule has 330 valence electrons. The molecule has 2 aromatic heterocycles. The van der Waals surface area contributed by atoms with E-state index in [0.717, 1.165) is 0 Å².